The molecule has 0 saturated carbocycles. The predicted octanol–water partition coefficient (Wildman–Crippen LogP) is 4.83. The highest BCUT2D eigenvalue weighted by molar-refractivity contribution is 6.31. The maximum absolute atomic E-state index is 13.9. The van der Waals surface area contributed by atoms with Crippen molar-refractivity contribution in [2.75, 3.05) is 0 Å². The minimum Gasteiger partial charge on any atom is -0.479 e. The number of hydrogen-bond acceptors (Lipinski definition) is 4. The largest absolute Gasteiger partial charge is 0.479 e. The molecule has 0 amide bonds. The van der Waals surface area contributed by atoms with Gasteiger partial charge in [-0.15, -0.1) is 0 Å². The Hall–Kier alpha value is -3.21. The van der Waals surface area contributed by atoms with Crippen molar-refractivity contribution in [1.82, 2.24) is 4.98 Å². The number of halogens is 1. The van der Waals surface area contributed by atoms with Gasteiger partial charge < -0.3 is 9.52 Å². The summed E-state index contributed by atoms with van der Waals surface area (Å²) in [6, 6.07) is 13.9. The number of benzene rings is 2. The van der Waals surface area contributed by atoms with E-state index in [-0.39, 0.29) is 23.1 Å². The number of oxazole rings is 1. The molecule has 118 valence electrons. The van der Waals surface area contributed by atoms with E-state index in [0.717, 1.165) is 22.5 Å². The number of aromatic hydroxyl groups is 1. The minimum atomic E-state index is -0.457. The van der Waals surface area contributed by atoms with Gasteiger partial charge in [0.1, 0.15) is 11.5 Å². The van der Waals surface area contributed by atoms with E-state index in [0.29, 0.717) is 0 Å². The summed E-state index contributed by atoms with van der Waals surface area (Å²) >= 11 is 0. The van der Waals surface area contributed by atoms with Crippen molar-refractivity contribution >= 4 is 23.0 Å². The number of aliphatic imine (C=N–C) groups is 1. The number of hydrogen-bond donors (Lipinski definition) is 1. The molecule has 0 atom stereocenters. The molecule has 2 aromatic carbocycles. The van der Waals surface area contributed by atoms with Crippen molar-refractivity contribution in [2.45, 2.75) is 6.92 Å². The van der Waals surface area contributed by atoms with Gasteiger partial charge in [0.15, 0.2) is 0 Å². The molecule has 0 radical (unpaired) electrons. The normalized spacial score (nSPS) is 14.8. The van der Waals surface area contributed by atoms with Gasteiger partial charge in [-0.25, -0.2) is 9.37 Å². The first-order valence-corrected chi connectivity index (χ1v) is 7.45. The van der Waals surface area contributed by atoms with Crippen molar-refractivity contribution in [3.8, 4) is 17.4 Å². The number of allylic oxidation sites excluding steroid dienone is 1. The fourth-order valence-corrected chi connectivity index (χ4v) is 2.72. The standard InChI is InChI=1S/C19H13FN2O2/c1-11-14(12-6-3-5-9-16(12)21-11)10-17-19(23)24-18(22-17)13-7-2-4-8-15(13)20/h2-10,23H,1H3/b14-10-. The lowest BCUT2D eigenvalue weighted by molar-refractivity contribution is 0.336. The molecule has 1 aliphatic rings. The van der Waals surface area contributed by atoms with Gasteiger partial charge >= 0.3 is 5.95 Å². The summed E-state index contributed by atoms with van der Waals surface area (Å²) in [6.45, 7) is 1.89. The zero-order chi connectivity index (χ0) is 16.7. The molecule has 4 rings (SSSR count). The van der Waals surface area contributed by atoms with Gasteiger partial charge in [-0.2, -0.15) is 0 Å². The summed E-state index contributed by atoms with van der Waals surface area (Å²) in [6.07, 6.45) is 1.70. The average molecular weight is 320 g/mol. The van der Waals surface area contributed by atoms with Crippen LogP contribution in [0.5, 0.6) is 5.95 Å². The molecule has 3 aromatic rings. The van der Waals surface area contributed by atoms with Crippen LogP contribution in [0.3, 0.4) is 0 Å². The Morgan fingerprint density at radius 2 is 1.75 bits per heavy atom. The third kappa shape index (κ3) is 2.31. The quantitative estimate of drug-likeness (QED) is 0.735. The first-order chi connectivity index (χ1) is 11.6. The fourth-order valence-electron chi connectivity index (χ4n) is 2.72. The number of para-hydroxylation sites is 1. The number of rotatable bonds is 2. The van der Waals surface area contributed by atoms with Crippen molar-refractivity contribution in [1.29, 1.82) is 0 Å². The van der Waals surface area contributed by atoms with Crippen molar-refractivity contribution in [2.24, 2.45) is 4.99 Å². The fraction of sp³-hybridized carbons (Fsp3) is 0.0526. The summed E-state index contributed by atoms with van der Waals surface area (Å²) in [5.41, 5.74) is 3.97. The lowest BCUT2D eigenvalue weighted by Gasteiger charge is -1.99. The van der Waals surface area contributed by atoms with Crippen molar-refractivity contribution in [3.05, 3.63) is 65.6 Å². The molecule has 5 heteroatoms. The Morgan fingerprint density at radius 1 is 1.04 bits per heavy atom. The first-order valence-electron chi connectivity index (χ1n) is 7.45. The van der Waals surface area contributed by atoms with E-state index < -0.39 is 5.82 Å². The van der Waals surface area contributed by atoms with E-state index in [1.165, 1.54) is 6.07 Å². The topological polar surface area (TPSA) is 58.6 Å². The van der Waals surface area contributed by atoms with Crippen LogP contribution >= 0.6 is 0 Å². The molecule has 0 unspecified atom stereocenters. The van der Waals surface area contributed by atoms with Crippen LogP contribution in [-0.4, -0.2) is 15.8 Å². The second kappa shape index (κ2) is 5.45. The Bertz CT molecular complexity index is 1000. The summed E-state index contributed by atoms with van der Waals surface area (Å²) < 4.78 is 19.1. The van der Waals surface area contributed by atoms with Gasteiger partial charge in [0, 0.05) is 16.8 Å². The lowest BCUT2D eigenvalue weighted by Crippen LogP contribution is -1.90. The van der Waals surface area contributed by atoms with Crippen LogP contribution in [0, 0.1) is 5.82 Å². The summed E-state index contributed by atoms with van der Waals surface area (Å²) in [5.74, 6) is -0.766. The third-order valence-electron chi connectivity index (χ3n) is 3.89. The smallest absolute Gasteiger partial charge is 0.310 e. The Balaban J connectivity index is 1.80. The van der Waals surface area contributed by atoms with Gasteiger partial charge in [0.05, 0.1) is 11.3 Å². The zero-order valence-corrected chi connectivity index (χ0v) is 12.8. The summed E-state index contributed by atoms with van der Waals surface area (Å²) in [5, 5.41) is 10.0. The highest BCUT2D eigenvalue weighted by atomic mass is 19.1. The lowest BCUT2D eigenvalue weighted by atomic mass is 10.0. The van der Waals surface area contributed by atoms with Gasteiger partial charge in [-0.1, -0.05) is 30.3 Å². The van der Waals surface area contributed by atoms with E-state index in [9.17, 15) is 9.50 Å². The molecule has 0 fully saturated rings. The molecule has 0 saturated heterocycles. The summed E-state index contributed by atoms with van der Waals surface area (Å²) in [7, 11) is 0. The van der Waals surface area contributed by atoms with Crippen LogP contribution < -0.4 is 0 Å². The van der Waals surface area contributed by atoms with Gasteiger partial charge in [0.25, 0.3) is 0 Å². The van der Waals surface area contributed by atoms with Crippen LogP contribution in [-0.2, 0) is 0 Å². The van der Waals surface area contributed by atoms with E-state index in [4.69, 9.17) is 4.42 Å². The second-order valence-corrected chi connectivity index (χ2v) is 5.46. The van der Waals surface area contributed by atoms with Crippen LogP contribution in [0.1, 0.15) is 18.2 Å². The first kappa shape index (κ1) is 14.4. The summed E-state index contributed by atoms with van der Waals surface area (Å²) in [4.78, 5) is 8.71. The van der Waals surface area contributed by atoms with Crippen LogP contribution in [0.25, 0.3) is 23.1 Å². The van der Waals surface area contributed by atoms with Crippen molar-refractivity contribution < 1.29 is 13.9 Å². The van der Waals surface area contributed by atoms with Crippen LogP contribution in [0.2, 0.25) is 0 Å². The molecule has 0 spiro atoms. The molecule has 1 N–H and O–H groups in total. The maximum Gasteiger partial charge on any atom is 0.310 e. The van der Waals surface area contributed by atoms with E-state index >= 15 is 0 Å². The van der Waals surface area contributed by atoms with E-state index in [2.05, 4.69) is 9.98 Å². The Kier molecular flexibility index (Phi) is 3.27. The zero-order valence-electron chi connectivity index (χ0n) is 12.8. The SMILES string of the molecule is CC1=Nc2ccccc2/C1=C\c1nc(-c2ccccc2F)oc1O. The molecule has 24 heavy (non-hydrogen) atoms. The molecular formula is C19H13FN2O2. The van der Waals surface area contributed by atoms with E-state index in [1.54, 1.807) is 24.3 Å². The minimum absolute atomic E-state index is 0.0401. The van der Waals surface area contributed by atoms with Crippen LogP contribution in [0.15, 0.2) is 57.9 Å². The molecule has 0 aliphatic carbocycles. The maximum atomic E-state index is 13.9. The second-order valence-electron chi connectivity index (χ2n) is 5.46. The molecule has 4 nitrogen and oxygen atoms in total. The highest BCUT2D eigenvalue weighted by Crippen LogP contribution is 2.37. The van der Waals surface area contributed by atoms with Gasteiger partial charge in [-0.05, 0) is 31.2 Å². The third-order valence-corrected chi connectivity index (χ3v) is 3.89. The van der Waals surface area contributed by atoms with Crippen molar-refractivity contribution in [3.63, 3.8) is 0 Å². The molecule has 0 bridgehead atoms. The van der Waals surface area contributed by atoms with Crippen LogP contribution in [0.4, 0.5) is 10.1 Å². The number of nitrogens with zero attached hydrogens (tertiary/aromatic N) is 2. The Labute approximate surface area is 137 Å². The van der Waals surface area contributed by atoms with Gasteiger partial charge in [0.2, 0.25) is 5.89 Å². The Morgan fingerprint density at radius 3 is 2.54 bits per heavy atom. The highest BCUT2D eigenvalue weighted by Gasteiger charge is 2.20. The molecule has 1 aromatic heterocycles. The molecule has 2 heterocycles. The monoisotopic (exact) mass is 320 g/mol. The number of aromatic nitrogens is 1. The average Bonchev–Trinajstić information content (AvgIpc) is 3.09. The number of fused-ring (bicyclic) bond motifs is 1. The molecule has 1 aliphatic heterocycles. The predicted molar refractivity (Wildman–Crippen MR) is 90.6 cm³/mol. The molecular weight excluding hydrogens is 307 g/mol. The van der Waals surface area contributed by atoms with E-state index in [1.807, 2.05) is 31.2 Å². The van der Waals surface area contributed by atoms with Gasteiger partial charge in [-0.3, -0.25) is 4.99 Å².